The highest BCUT2D eigenvalue weighted by Gasteiger charge is 2.11. The summed E-state index contributed by atoms with van der Waals surface area (Å²) in [6.07, 6.45) is 3.53. The molecule has 1 aromatic carbocycles. The molecule has 0 saturated heterocycles. The highest BCUT2D eigenvalue weighted by atomic mass is 16.6. The standard InChI is InChI=1S/C14H11NO6/c1-2-20-13(16)6-3-9-8-21-12-5-4-10(15(18)19)7-11(12)14(9)17/h3-8H,2H2,1H3. The summed E-state index contributed by atoms with van der Waals surface area (Å²) in [4.78, 5) is 33.5. The molecule has 0 aliphatic heterocycles. The number of nitro benzene ring substituents is 1. The Balaban J connectivity index is 2.47. The number of non-ortho nitro benzene ring substituents is 1. The summed E-state index contributed by atoms with van der Waals surface area (Å²) in [5.41, 5.74) is -0.322. The van der Waals surface area contributed by atoms with E-state index >= 15 is 0 Å². The number of hydrogen-bond donors (Lipinski definition) is 0. The lowest BCUT2D eigenvalue weighted by Gasteiger charge is -1.99. The molecule has 0 fully saturated rings. The molecule has 0 amide bonds. The molecular weight excluding hydrogens is 278 g/mol. The maximum atomic E-state index is 12.2. The second-order valence-electron chi connectivity index (χ2n) is 4.04. The maximum Gasteiger partial charge on any atom is 0.330 e. The SMILES string of the molecule is CCOC(=O)C=Cc1coc2ccc([N+](=O)[O-])cc2c1=O. The van der Waals surface area contributed by atoms with Gasteiger partial charge >= 0.3 is 5.97 Å². The van der Waals surface area contributed by atoms with Gasteiger partial charge in [-0.1, -0.05) is 0 Å². The monoisotopic (exact) mass is 289 g/mol. The molecule has 0 atom stereocenters. The number of rotatable bonds is 4. The zero-order valence-electron chi connectivity index (χ0n) is 11.1. The third-order valence-electron chi connectivity index (χ3n) is 2.68. The Morgan fingerprint density at radius 2 is 2.24 bits per heavy atom. The summed E-state index contributed by atoms with van der Waals surface area (Å²) in [5, 5.41) is 10.8. The van der Waals surface area contributed by atoms with E-state index in [0.717, 1.165) is 12.1 Å². The van der Waals surface area contributed by atoms with Crippen molar-refractivity contribution in [3.63, 3.8) is 0 Å². The molecule has 0 unspecified atom stereocenters. The van der Waals surface area contributed by atoms with Gasteiger partial charge in [-0.2, -0.15) is 0 Å². The average Bonchev–Trinajstić information content (AvgIpc) is 2.46. The number of carbonyl (C=O) groups excluding carboxylic acids is 1. The van der Waals surface area contributed by atoms with E-state index in [0.29, 0.717) is 0 Å². The number of hydrogen-bond acceptors (Lipinski definition) is 6. The normalized spacial score (nSPS) is 10.9. The third kappa shape index (κ3) is 3.14. The molecule has 108 valence electrons. The molecule has 0 aliphatic carbocycles. The smallest absolute Gasteiger partial charge is 0.330 e. The van der Waals surface area contributed by atoms with Crippen LogP contribution in [0.25, 0.3) is 17.0 Å². The van der Waals surface area contributed by atoms with E-state index in [2.05, 4.69) is 0 Å². The van der Waals surface area contributed by atoms with Crippen molar-refractivity contribution in [2.45, 2.75) is 6.92 Å². The van der Waals surface area contributed by atoms with Gasteiger partial charge in [-0.25, -0.2) is 4.79 Å². The quantitative estimate of drug-likeness (QED) is 0.370. The second kappa shape index (κ2) is 6.00. The predicted molar refractivity (Wildman–Crippen MR) is 74.8 cm³/mol. The summed E-state index contributed by atoms with van der Waals surface area (Å²) in [6, 6.07) is 3.75. The van der Waals surface area contributed by atoms with Gasteiger partial charge in [0.05, 0.1) is 22.5 Å². The van der Waals surface area contributed by atoms with Crippen molar-refractivity contribution in [3.8, 4) is 0 Å². The summed E-state index contributed by atoms with van der Waals surface area (Å²) < 4.78 is 9.92. The van der Waals surface area contributed by atoms with E-state index < -0.39 is 16.3 Å². The third-order valence-corrected chi connectivity index (χ3v) is 2.68. The number of esters is 1. The van der Waals surface area contributed by atoms with E-state index in [1.54, 1.807) is 6.92 Å². The van der Waals surface area contributed by atoms with E-state index in [9.17, 15) is 19.7 Å². The number of nitrogens with zero attached hydrogens (tertiary/aromatic N) is 1. The fourth-order valence-corrected chi connectivity index (χ4v) is 1.71. The van der Waals surface area contributed by atoms with Crippen molar-refractivity contribution in [2.75, 3.05) is 6.61 Å². The molecule has 0 radical (unpaired) electrons. The van der Waals surface area contributed by atoms with Gasteiger partial charge in [0, 0.05) is 18.2 Å². The lowest BCUT2D eigenvalue weighted by atomic mass is 10.1. The van der Waals surface area contributed by atoms with Gasteiger partial charge in [0.1, 0.15) is 11.8 Å². The summed E-state index contributed by atoms with van der Waals surface area (Å²) in [5.74, 6) is -0.587. The minimum absolute atomic E-state index is 0.0789. The van der Waals surface area contributed by atoms with Crippen LogP contribution >= 0.6 is 0 Å². The molecule has 7 heteroatoms. The Morgan fingerprint density at radius 1 is 1.48 bits per heavy atom. The summed E-state index contributed by atoms with van der Waals surface area (Å²) >= 11 is 0. The van der Waals surface area contributed by atoms with Gasteiger partial charge in [-0.15, -0.1) is 0 Å². The van der Waals surface area contributed by atoms with E-state index in [-0.39, 0.29) is 28.8 Å². The van der Waals surface area contributed by atoms with Crippen LogP contribution < -0.4 is 5.43 Å². The Hall–Kier alpha value is -2.96. The highest BCUT2D eigenvalue weighted by Crippen LogP contribution is 2.19. The minimum Gasteiger partial charge on any atom is -0.463 e. The molecule has 2 aromatic rings. The number of nitro groups is 1. The van der Waals surface area contributed by atoms with Crippen LogP contribution in [-0.2, 0) is 9.53 Å². The first kappa shape index (κ1) is 14.4. The van der Waals surface area contributed by atoms with Crippen LogP contribution in [0.3, 0.4) is 0 Å². The van der Waals surface area contributed by atoms with Gasteiger partial charge in [0.25, 0.3) is 5.69 Å². The molecule has 0 spiro atoms. The van der Waals surface area contributed by atoms with Crippen LogP contribution in [0.4, 0.5) is 5.69 Å². The first-order chi connectivity index (χ1) is 10.0. The van der Waals surface area contributed by atoms with Gasteiger partial charge in [-0.3, -0.25) is 14.9 Å². The average molecular weight is 289 g/mol. The molecule has 0 bridgehead atoms. The van der Waals surface area contributed by atoms with Crippen LogP contribution in [0.15, 0.2) is 39.7 Å². The molecular formula is C14H11NO6. The molecule has 7 nitrogen and oxygen atoms in total. The van der Waals surface area contributed by atoms with Crippen molar-refractivity contribution in [2.24, 2.45) is 0 Å². The van der Waals surface area contributed by atoms with Crippen molar-refractivity contribution in [1.82, 2.24) is 0 Å². The number of ether oxygens (including phenoxy) is 1. The number of fused-ring (bicyclic) bond motifs is 1. The Morgan fingerprint density at radius 3 is 2.90 bits per heavy atom. The topological polar surface area (TPSA) is 99.7 Å². The fraction of sp³-hybridized carbons (Fsp3) is 0.143. The van der Waals surface area contributed by atoms with Crippen molar-refractivity contribution >= 4 is 28.7 Å². The Bertz CT molecular complexity index is 790. The molecule has 1 aromatic heterocycles. The van der Waals surface area contributed by atoms with E-state index in [1.165, 1.54) is 24.5 Å². The molecule has 2 rings (SSSR count). The first-order valence-corrected chi connectivity index (χ1v) is 6.07. The maximum absolute atomic E-state index is 12.2. The molecule has 21 heavy (non-hydrogen) atoms. The summed E-state index contributed by atoms with van der Waals surface area (Å²) in [7, 11) is 0. The largest absolute Gasteiger partial charge is 0.463 e. The lowest BCUT2D eigenvalue weighted by molar-refractivity contribution is -0.384. The highest BCUT2D eigenvalue weighted by molar-refractivity contribution is 5.88. The lowest BCUT2D eigenvalue weighted by Crippen LogP contribution is -2.06. The number of benzene rings is 1. The predicted octanol–water partition coefficient (Wildman–Crippen LogP) is 2.28. The van der Waals surface area contributed by atoms with E-state index in [4.69, 9.17) is 9.15 Å². The zero-order valence-corrected chi connectivity index (χ0v) is 11.1. The van der Waals surface area contributed by atoms with Crippen molar-refractivity contribution < 1.29 is 18.9 Å². The van der Waals surface area contributed by atoms with Crippen molar-refractivity contribution in [1.29, 1.82) is 0 Å². The molecule has 1 heterocycles. The molecule has 0 N–H and O–H groups in total. The van der Waals surface area contributed by atoms with Crippen LogP contribution in [0, 0.1) is 10.1 Å². The van der Waals surface area contributed by atoms with Crippen LogP contribution in [0.1, 0.15) is 12.5 Å². The van der Waals surface area contributed by atoms with Gasteiger partial charge in [0.15, 0.2) is 5.43 Å². The number of carbonyl (C=O) groups is 1. The van der Waals surface area contributed by atoms with E-state index in [1.807, 2.05) is 0 Å². The molecule has 0 saturated carbocycles. The minimum atomic E-state index is -0.597. The Kier molecular flexibility index (Phi) is 4.13. The summed E-state index contributed by atoms with van der Waals surface area (Å²) in [6.45, 7) is 1.89. The van der Waals surface area contributed by atoms with Crippen LogP contribution in [-0.4, -0.2) is 17.5 Å². The van der Waals surface area contributed by atoms with Gasteiger partial charge in [0.2, 0.25) is 0 Å². The first-order valence-electron chi connectivity index (χ1n) is 6.07. The second-order valence-corrected chi connectivity index (χ2v) is 4.04. The van der Waals surface area contributed by atoms with Crippen LogP contribution in [0.2, 0.25) is 0 Å². The van der Waals surface area contributed by atoms with Gasteiger partial charge in [-0.05, 0) is 19.1 Å². The van der Waals surface area contributed by atoms with Crippen molar-refractivity contribution in [3.05, 3.63) is 56.4 Å². The van der Waals surface area contributed by atoms with Crippen LogP contribution in [0.5, 0.6) is 0 Å². The fourth-order valence-electron chi connectivity index (χ4n) is 1.71. The zero-order chi connectivity index (χ0) is 15.4. The molecule has 0 aliphatic rings. The van der Waals surface area contributed by atoms with Gasteiger partial charge < -0.3 is 9.15 Å². The Labute approximate surface area is 118 Å².